The molecule has 9 nitrogen and oxygen atoms in total. The molecule has 0 radical (unpaired) electrons. The Morgan fingerprint density at radius 1 is 1.35 bits per heavy atom. The molecule has 3 N–H and O–H groups in total. The summed E-state index contributed by atoms with van der Waals surface area (Å²) in [5, 5.41) is 17.8. The van der Waals surface area contributed by atoms with Gasteiger partial charge in [0.1, 0.15) is 23.5 Å². The van der Waals surface area contributed by atoms with E-state index in [4.69, 9.17) is 15.9 Å². The van der Waals surface area contributed by atoms with Gasteiger partial charge >= 0.3 is 0 Å². The highest BCUT2D eigenvalue weighted by Gasteiger charge is 2.28. The zero-order chi connectivity index (χ0) is 24.4. The van der Waals surface area contributed by atoms with Crippen molar-refractivity contribution < 1.29 is 13.9 Å². The molecule has 3 aromatic rings. The second kappa shape index (κ2) is 9.23. The minimum Gasteiger partial charge on any atom is -0.482 e. The number of carbonyl (C=O) groups excluding carboxylic acids is 1. The summed E-state index contributed by atoms with van der Waals surface area (Å²) >= 11 is 0. The summed E-state index contributed by atoms with van der Waals surface area (Å²) in [5.74, 6) is 0.259. The van der Waals surface area contributed by atoms with E-state index in [0.717, 1.165) is 18.6 Å². The number of rotatable bonds is 6. The van der Waals surface area contributed by atoms with Crippen LogP contribution in [-0.4, -0.2) is 33.7 Å². The van der Waals surface area contributed by atoms with Crippen molar-refractivity contribution in [2.45, 2.75) is 26.8 Å². The minimum absolute atomic E-state index is 0.0464. The number of amides is 1. The third-order valence-electron chi connectivity index (χ3n) is 5.36. The molecule has 3 heterocycles. The maximum absolute atomic E-state index is 13.2. The first-order valence-electron chi connectivity index (χ1n) is 10.6. The Hall–Kier alpha value is -4.39. The van der Waals surface area contributed by atoms with Crippen LogP contribution < -0.4 is 15.4 Å². The molecule has 1 aliphatic rings. The Balaban J connectivity index is 1.81. The molecule has 2 aromatic heterocycles. The quantitative estimate of drug-likeness (QED) is 0.539. The summed E-state index contributed by atoms with van der Waals surface area (Å²) in [4.78, 5) is 26.3. The molecule has 0 atom stereocenters. The van der Waals surface area contributed by atoms with Crippen molar-refractivity contribution in [3.05, 3.63) is 59.1 Å². The number of nitrogens with one attached hydrogen (secondary N) is 1. The first kappa shape index (κ1) is 22.8. The number of nitriles is 1. The summed E-state index contributed by atoms with van der Waals surface area (Å²) < 4.78 is 18.8. The summed E-state index contributed by atoms with van der Waals surface area (Å²) in [7, 11) is 0. The van der Waals surface area contributed by atoms with E-state index in [1.807, 2.05) is 13.8 Å². The predicted molar refractivity (Wildman–Crippen MR) is 124 cm³/mol. The number of nitrogen functional groups attached to an aromatic ring is 1. The third kappa shape index (κ3) is 4.28. The molecule has 1 aromatic carbocycles. The van der Waals surface area contributed by atoms with Crippen LogP contribution in [0.2, 0.25) is 0 Å². The number of carbonyl (C=O) groups is 1. The first-order chi connectivity index (χ1) is 16.3. The van der Waals surface area contributed by atoms with Crippen LogP contribution in [0, 0.1) is 28.5 Å². The van der Waals surface area contributed by atoms with Crippen molar-refractivity contribution in [3.8, 4) is 22.9 Å². The van der Waals surface area contributed by atoms with Gasteiger partial charge in [-0.1, -0.05) is 19.9 Å². The van der Waals surface area contributed by atoms with Crippen molar-refractivity contribution in [1.29, 1.82) is 10.7 Å². The lowest BCUT2D eigenvalue weighted by molar-refractivity contribution is -0.121. The van der Waals surface area contributed by atoms with Crippen LogP contribution >= 0.6 is 0 Å². The molecule has 4 rings (SSSR count). The van der Waals surface area contributed by atoms with Crippen molar-refractivity contribution >= 4 is 23.6 Å². The molecule has 0 aliphatic carbocycles. The topological polar surface area (TPSA) is 142 Å². The Labute approximate surface area is 195 Å². The highest BCUT2D eigenvalue weighted by Crippen LogP contribution is 2.39. The van der Waals surface area contributed by atoms with Gasteiger partial charge < -0.3 is 15.9 Å². The lowest BCUT2D eigenvalue weighted by Gasteiger charge is -2.29. The zero-order valence-corrected chi connectivity index (χ0v) is 18.7. The van der Waals surface area contributed by atoms with E-state index in [1.54, 1.807) is 18.2 Å². The van der Waals surface area contributed by atoms with E-state index >= 15 is 0 Å². The Morgan fingerprint density at radius 2 is 2.09 bits per heavy atom. The van der Waals surface area contributed by atoms with E-state index in [1.165, 1.54) is 4.90 Å². The predicted octanol–water partition coefficient (Wildman–Crippen LogP) is 3.25. The smallest absolute Gasteiger partial charge is 0.265 e. The minimum atomic E-state index is -0.564. The van der Waals surface area contributed by atoms with Gasteiger partial charge in [0, 0.05) is 17.3 Å². The van der Waals surface area contributed by atoms with Gasteiger partial charge in [0.25, 0.3) is 5.91 Å². The maximum atomic E-state index is 13.2. The lowest BCUT2D eigenvalue weighted by Crippen LogP contribution is -2.38. The Morgan fingerprint density at radius 3 is 2.74 bits per heavy atom. The van der Waals surface area contributed by atoms with Gasteiger partial charge in [0.2, 0.25) is 0 Å². The third-order valence-corrected chi connectivity index (χ3v) is 5.36. The zero-order valence-electron chi connectivity index (χ0n) is 18.7. The largest absolute Gasteiger partial charge is 0.482 e. The van der Waals surface area contributed by atoms with Crippen LogP contribution in [0.4, 0.5) is 15.9 Å². The molecule has 10 heteroatoms. The summed E-state index contributed by atoms with van der Waals surface area (Å²) in [6.07, 6.45) is 3.73. The van der Waals surface area contributed by atoms with Gasteiger partial charge in [-0.15, -0.1) is 0 Å². The Kier molecular flexibility index (Phi) is 6.19. The summed E-state index contributed by atoms with van der Waals surface area (Å²) in [6, 6.07) is 7.37. The van der Waals surface area contributed by atoms with E-state index in [-0.39, 0.29) is 36.6 Å². The number of hydrogen-bond donors (Lipinski definition) is 2. The van der Waals surface area contributed by atoms with Gasteiger partial charge in [-0.2, -0.15) is 5.26 Å². The molecule has 0 spiro atoms. The number of fused-ring (bicyclic) bond motifs is 1. The molecular formula is C24H22FN7O2. The van der Waals surface area contributed by atoms with Crippen LogP contribution in [-0.2, 0) is 17.8 Å². The van der Waals surface area contributed by atoms with Crippen LogP contribution in [0.5, 0.6) is 5.75 Å². The second-order valence-electron chi connectivity index (χ2n) is 8.23. The monoisotopic (exact) mass is 459 g/mol. The van der Waals surface area contributed by atoms with Crippen molar-refractivity contribution in [2.75, 3.05) is 17.2 Å². The molecule has 0 saturated heterocycles. The fourth-order valence-electron chi connectivity index (χ4n) is 3.86. The van der Waals surface area contributed by atoms with E-state index in [0.29, 0.717) is 45.8 Å². The number of nitrogens with zero attached hydrogens (tertiary/aromatic N) is 5. The molecule has 1 aliphatic heterocycles. The van der Waals surface area contributed by atoms with Gasteiger partial charge in [-0.25, -0.2) is 19.3 Å². The normalized spacial score (nSPS) is 12.8. The number of aromatic nitrogens is 3. The van der Waals surface area contributed by atoms with Crippen molar-refractivity contribution in [1.82, 2.24) is 15.0 Å². The number of anilines is 2. The van der Waals surface area contributed by atoms with Crippen molar-refractivity contribution in [3.63, 3.8) is 0 Å². The second-order valence-corrected chi connectivity index (χ2v) is 8.23. The van der Waals surface area contributed by atoms with E-state index < -0.39 is 5.82 Å². The van der Waals surface area contributed by atoms with Crippen LogP contribution in [0.3, 0.4) is 0 Å². The lowest BCUT2D eigenvalue weighted by atomic mass is 9.91. The number of nitrogens with two attached hydrogens (primary N) is 1. The Bertz CT molecular complexity index is 1320. The van der Waals surface area contributed by atoms with Crippen molar-refractivity contribution in [2.24, 2.45) is 5.92 Å². The van der Waals surface area contributed by atoms with E-state index in [9.17, 15) is 14.4 Å². The van der Waals surface area contributed by atoms with Crippen LogP contribution in [0.1, 0.15) is 36.5 Å². The van der Waals surface area contributed by atoms with Gasteiger partial charge in [0.15, 0.2) is 12.4 Å². The molecule has 1 amide bonds. The number of ether oxygens (including phenoxy) is 1. The fourth-order valence-corrected chi connectivity index (χ4v) is 3.86. The average molecular weight is 459 g/mol. The highest BCUT2D eigenvalue weighted by molar-refractivity contribution is 6.00. The van der Waals surface area contributed by atoms with Gasteiger partial charge in [0.05, 0.1) is 35.9 Å². The molecule has 0 unspecified atom stereocenters. The van der Waals surface area contributed by atoms with E-state index in [2.05, 4.69) is 21.0 Å². The van der Waals surface area contributed by atoms with Gasteiger partial charge in [-0.05, 0) is 30.0 Å². The molecule has 0 saturated carbocycles. The summed E-state index contributed by atoms with van der Waals surface area (Å²) in [6.45, 7) is 3.89. The maximum Gasteiger partial charge on any atom is 0.265 e. The highest BCUT2D eigenvalue weighted by atomic mass is 19.1. The summed E-state index contributed by atoms with van der Waals surface area (Å²) in [5.41, 5.74) is 9.01. The SMILES string of the molecule is CC(C)Cc1nc(N)c(C=N)c(-c2ccc3c(c2)OCC(=O)N3Cc2ncc(F)cn2)c1C#N. The molecule has 0 fully saturated rings. The van der Waals surface area contributed by atoms with Gasteiger partial charge in [-0.3, -0.25) is 9.69 Å². The number of halogens is 1. The standard InChI is InChI=1S/C24H22FN7O2/c1-13(2)5-18-16(7-26)23(17(8-27)24(28)31-18)14-3-4-19-20(6-14)34-12-22(33)32(19)11-21-29-9-15(25)10-30-21/h3-4,6,8-10,13,27H,5,11-12H2,1-2H3,(H2,28,31). The molecular weight excluding hydrogens is 437 g/mol. The average Bonchev–Trinajstić information content (AvgIpc) is 2.81. The first-order valence-corrected chi connectivity index (χ1v) is 10.6. The number of hydrogen-bond acceptors (Lipinski definition) is 8. The van der Waals surface area contributed by atoms with Crippen LogP contribution in [0.15, 0.2) is 30.6 Å². The number of pyridine rings is 1. The molecule has 34 heavy (non-hydrogen) atoms. The molecule has 0 bridgehead atoms. The molecule has 172 valence electrons. The van der Waals surface area contributed by atoms with Crippen LogP contribution in [0.25, 0.3) is 11.1 Å². The fraction of sp³-hybridized carbons (Fsp3) is 0.250. The number of benzene rings is 1.